The molecule has 0 aromatic heterocycles. The first-order valence-electron chi connectivity index (χ1n) is 6.56. The Balaban J connectivity index is 1.67. The van der Waals surface area contributed by atoms with Crippen LogP contribution in [0.25, 0.3) is 0 Å². The van der Waals surface area contributed by atoms with Crippen LogP contribution in [-0.2, 0) is 9.59 Å². The lowest BCUT2D eigenvalue weighted by atomic mass is 10.0. The van der Waals surface area contributed by atoms with Crippen molar-refractivity contribution in [3.8, 4) is 0 Å². The average molecular weight is 327 g/mol. The van der Waals surface area contributed by atoms with E-state index < -0.39 is 0 Å². The molecule has 2 aliphatic heterocycles. The van der Waals surface area contributed by atoms with Crippen molar-refractivity contribution in [1.29, 1.82) is 0 Å². The highest BCUT2D eigenvalue weighted by atomic mass is 35.5. The minimum atomic E-state index is -0.216. The Labute approximate surface area is 131 Å². The summed E-state index contributed by atoms with van der Waals surface area (Å²) in [6.07, 6.45) is 0.540. The smallest absolute Gasteiger partial charge is 0.255 e. The van der Waals surface area contributed by atoms with Gasteiger partial charge in [0, 0.05) is 31.0 Å². The highest BCUT2D eigenvalue weighted by Crippen LogP contribution is 2.27. The molecular formula is C14H12Cl2N2O3. The van der Waals surface area contributed by atoms with E-state index in [9.17, 15) is 14.4 Å². The van der Waals surface area contributed by atoms with E-state index in [1.807, 2.05) is 0 Å². The van der Waals surface area contributed by atoms with E-state index in [2.05, 4.69) is 0 Å². The Kier molecular flexibility index (Phi) is 3.63. The third kappa shape index (κ3) is 2.51. The van der Waals surface area contributed by atoms with E-state index in [4.69, 9.17) is 23.2 Å². The standard InChI is InChI=1S/C14H12Cl2N2O3/c15-8-1-2-10(11(16)5-8)14(21)17-6-9(7-17)18-12(19)3-4-13(18)20/h1-2,5,9H,3-4,6-7H2. The summed E-state index contributed by atoms with van der Waals surface area (Å²) in [7, 11) is 0. The van der Waals surface area contributed by atoms with Gasteiger partial charge in [-0.05, 0) is 18.2 Å². The van der Waals surface area contributed by atoms with Crippen LogP contribution in [0.5, 0.6) is 0 Å². The van der Waals surface area contributed by atoms with Crippen molar-refractivity contribution >= 4 is 40.9 Å². The summed E-state index contributed by atoms with van der Waals surface area (Å²) in [5.41, 5.74) is 0.374. The van der Waals surface area contributed by atoms with Gasteiger partial charge >= 0.3 is 0 Å². The van der Waals surface area contributed by atoms with Crippen LogP contribution in [-0.4, -0.2) is 46.7 Å². The Morgan fingerprint density at radius 3 is 2.29 bits per heavy atom. The van der Waals surface area contributed by atoms with Crippen LogP contribution >= 0.6 is 23.2 Å². The van der Waals surface area contributed by atoms with Crippen molar-refractivity contribution in [3.63, 3.8) is 0 Å². The summed E-state index contributed by atoms with van der Waals surface area (Å²) >= 11 is 11.8. The summed E-state index contributed by atoms with van der Waals surface area (Å²) in [6, 6.07) is 4.49. The molecule has 2 aliphatic rings. The van der Waals surface area contributed by atoms with Gasteiger partial charge in [-0.1, -0.05) is 23.2 Å². The van der Waals surface area contributed by atoms with E-state index >= 15 is 0 Å². The second kappa shape index (κ2) is 5.31. The molecule has 2 saturated heterocycles. The van der Waals surface area contributed by atoms with Crippen LogP contribution in [0, 0.1) is 0 Å². The van der Waals surface area contributed by atoms with Crippen LogP contribution < -0.4 is 0 Å². The van der Waals surface area contributed by atoms with E-state index in [1.165, 1.54) is 11.0 Å². The lowest BCUT2D eigenvalue weighted by Crippen LogP contribution is -2.62. The fourth-order valence-electron chi connectivity index (χ4n) is 2.62. The first kappa shape index (κ1) is 14.4. The third-order valence-electron chi connectivity index (χ3n) is 3.77. The molecule has 1 aromatic carbocycles. The number of carbonyl (C=O) groups is 3. The van der Waals surface area contributed by atoms with Gasteiger partial charge in [-0.3, -0.25) is 19.3 Å². The molecule has 7 heteroatoms. The summed E-state index contributed by atoms with van der Waals surface area (Å²) in [4.78, 5) is 38.4. The highest BCUT2D eigenvalue weighted by molar-refractivity contribution is 6.36. The minimum Gasteiger partial charge on any atom is -0.334 e. The zero-order chi connectivity index (χ0) is 15.1. The number of amides is 3. The lowest BCUT2D eigenvalue weighted by Gasteiger charge is -2.43. The monoisotopic (exact) mass is 326 g/mol. The molecule has 0 atom stereocenters. The van der Waals surface area contributed by atoms with Crippen molar-refractivity contribution in [2.24, 2.45) is 0 Å². The predicted octanol–water partition coefficient (Wildman–Crippen LogP) is 1.97. The molecule has 1 aromatic rings. The van der Waals surface area contributed by atoms with E-state index in [-0.39, 0.29) is 36.6 Å². The number of hydrogen-bond acceptors (Lipinski definition) is 3. The Bertz CT molecular complexity index is 625. The number of likely N-dealkylation sites (tertiary alicyclic amines) is 2. The lowest BCUT2D eigenvalue weighted by molar-refractivity contribution is -0.144. The molecule has 110 valence electrons. The van der Waals surface area contributed by atoms with Crippen molar-refractivity contribution < 1.29 is 14.4 Å². The van der Waals surface area contributed by atoms with Gasteiger partial charge in [0.05, 0.1) is 16.6 Å². The topological polar surface area (TPSA) is 57.7 Å². The maximum Gasteiger partial charge on any atom is 0.255 e. The van der Waals surface area contributed by atoms with Crippen molar-refractivity contribution in [3.05, 3.63) is 33.8 Å². The second-order valence-electron chi connectivity index (χ2n) is 5.15. The number of imide groups is 1. The van der Waals surface area contributed by atoms with Gasteiger partial charge in [0.15, 0.2) is 0 Å². The molecule has 2 fully saturated rings. The molecule has 0 unspecified atom stereocenters. The quantitative estimate of drug-likeness (QED) is 0.781. The van der Waals surface area contributed by atoms with Crippen LogP contribution in [0.2, 0.25) is 10.0 Å². The van der Waals surface area contributed by atoms with E-state index in [0.29, 0.717) is 28.7 Å². The molecule has 2 heterocycles. The fourth-order valence-corrected chi connectivity index (χ4v) is 3.11. The van der Waals surface area contributed by atoms with Crippen LogP contribution in [0.4, 0.5) is 0 Å². The molecule has 0 aliphatic carbocycles. The molecule has 21 heavy (non-hydrogen) atoms. The fraction of sp³-hybridized carbons (Fsp3) is 0.357. The van der Waals surface area contributed by atoms with Gasteiger partial charge < -0.3 is 4.90 Å². The van der Waals surface area contributed by atoms with Crippen LogP contribution in [0.15, 0.2) is 18.2 Å². The number of nitrogens with zero attached hydrogens (tertiary/aromatic N) is 2. The maximum absolute atomic E-state index is 12.3. The summed E-state index contributed by atoms with van der Waals surface area (Å²) < 4.78 is 0. The van der Waals surface area contributed by atoms with Crippen molar-refractivity contribution in [1.82, 2.24) is 9.80 Å². The molecule has 5 nitrogen and oxygen atoms in total. The SMILES string of the molecule is O=C(c1ccc(Cl)cc1Cl)N1CC(N2C(=O)CCC2=O)C1. The molecule has 0 saturated carbocycles. The predicted molar refractivity (Wildman–Crippen MR) is 77.2 cm³/mol. The summed E-state index contributed by atoms with van der Waals surface area (Å²) in [5, 5.41) is 0.760. The zero-order valence-corrected chi connectivity index (χ0v) is 12.5. The number of hydrogen-bond donors (Lipinski definition) is 0. The van der Waals surface area contributed by atoms with Crippen LogP contribution in [0.1, 0.15) is 23.2 Å². The Morgan fingerprint density at radius 2 is 1.71 bits per heavy atom. The molecule has 0 bridgehead atoms. The molecular weight excluding hydrogens is 315 g/mol. The number of rotatable bonds is 2. The Hall–Kier alpha value is -1.59. The maximum atomic E-state index is 12.3. The number of carbonyl (C=O) groups excluding carboxylic acids is 3. The molecule has 0 N–H and O–H groups in total. The molecule has 3 rings (SSSR count). The minimum absolute atomic E-state index is 0.151. The normalized spacial score (nSPS) is 19.1. The van der Waals surface area contributed by atoms with E-state index in [0.717, 1.165) is 0 Å². The van der Waals surface area contributed by atoms with Gasteiger partial charge in [0.1, 0.15) is 0 Å². The average Bonchev–Trinajstić information content (AvgIpc) is 2.69. The van der Waals surface area contributed by atoms with Gasteiger partial charge in [0.2, 0.25) is 11.8 Å². The van der Waals surface area contributed by atoms with Gasteiger partial charge in [-0.2, -0.15) is 0 Å². The number of benzene rings is 1. The number of halogens is 2. The van der Waals surface area contributed by atoms with E-state index in [1.54, 1.807) is 17.0 Å². The summed E-state index contributed by atoms with van der Waals surface area (Å²) in [5.74, 6) is -0.518. The van der Waals surface area contributed by atoms with Gasteiger partial charge in [0.25, 0.3) is 5.91 Å². The Morgan fingerprint density at radius 1 is 1.10 bits per heavy atom. The van der Waals surface area contributed by atoms with Crippen LogP contribution in [0.3, 0.4) is 0 Å². The molecule has 3 amide bonds. The first-order valence-corrected chi connectivity index (χ1v) is 7.32. The molecule has 0 spiro atoms. The molecule has 0 radical (unpaired) electrons. The van der Waals surface area contributed by atoms with Crippen molar-refractivity contribution in [2.75, 3.05) is 13.1 Å². The van der Waals surface area contributed by atoms with Gasteiger partial charge in [-0.15, -0.1) is 0 Å². The third-order valence-corrected chi connectivity index (χ3v) is 4.31. The zero-order valence-electron chi connectivity index (χ0n) is 11.0. The summed E-state index contributed by atoms with van der Waals surface area (Å²) in [6.45, 7) is 0.713. The highest BCUT2D eigenvalue weighted by Gasteiger charge is 2.43. The largest absolute Gasteiger partial charge is 0.334 e. The van der Waals surface area contributed by atoms with Gasteiger partial charge in [-0.25, -0.2) is 0 Å². The second-order valence-corrected chi connectivity index (χ2v) is 5.99. The van der Waals surface area contributed by atoms with Crippen molar-refractivity contribution in [2.45, 2.75) is 18.9 Å². The first-order chi connectivity index (χ1) is 9.97.